The molecule has 144 valence electrons. The third-order valence-corrected chi connectivity index (χ3v) is 5.10. The molecule has 0 aromatic heterocycles. The van der Waals surface area contributed by atoms with Gasteiger partial charge in [0.2, 0.25) is 22.3 Å². The van der Waals surface area contributed by atoms with Crippen LogP contribution in [0.4, 0.5) is 18.9 Å². The Balaban J connectivity index is 2.22. The zero-order chi connectivity index (χ0) is 19.5. The highest BCUT2D eigenvalue weighted by atomic mass is 32.2. The van der Waals surface area contributed by atoms with Crippen molar-refractivity contribution in [1.82, 2.24) is 9.80 Å². The number of halogens is 3. The first-order chi connectivity index (χ1) is 12.0. The number of anilines is 1. The lowest BCUT2D eigenvalue weighted by Crippen LogP contribution is -2.51. The van der Waals surface area contributed by atoms with Gasteiger partial charge in [-0.15, -0.1) is 0 Å². The fourth-order valence-corrected chi connectivity index (χ4v) is 3.38. The molecule has 1 fully saturated rings. The van der Waals surface area contributed by atoms with E-state index in [0.29, 0.717) is 29.9 Å². The van der Waals surface area contributed by atoms with Crippen LogP contribution in [0.25, 0.3) is 0 Å². The Morgan fingerprint density at radius 1 is 1.23 bits per heavy atom. The molecule has 7 nitrogen and oxygen atoms in total. The topological polar surface area (TPSA) is 78.0 Å². The van der Waals surface area contributed by atoms with Crippen LogP contribution in [-0.2, 0) is 25.8 Å². The quantitative estimate of drug-likeness (QED) is 0.693. The van der Waals surface area contributed by atoms with E-state index in [-0.39, 0.29) is 18.8 Å². The van der Waals surface area contributed by atoms with E-state index in [1.165, 1.54) is 15.9 Å². The van der Waals surface area contributed by atoms with Gasteiger partial charge in [-0.1, -0.05) is 6.07 Å². The molecule has 0 atom stereocenters. The number of rotatable bonds is 5. The standard InChI is InChI=1S/C15H18F3N3O4S/c1-26(24,25)21(13-4-2-3-12(9-13)15(16,17)18)10-14(23)20-7-5-19(11-22)6-8-20/h2-4,9,11H,5-8,10H2,1H3. The van der Waals surface area contributed by atoms with Gasteiger partial charge >= 0.3 is 6.18 Å². The van der Waals surface area contributed by atoms with Gasteiger partial charge < -0.3 is 9.80 Å². The molecular weight excluding hydrogens is 375 g/mol. The first-order valence-electron chi connectivity index (χ1n) is 7.64. The minimum absolute atomic E-state index is 0.234. The maximum absolute atomic E-state index is 12.9. The zero-order valence-corrected chi connectivity index (χ0v) is 14.8. The monoisotopic (exact) mass is 393 g/mol. The smallest absolute Gasteiger partial charge is 0.342 e. The second-order valence-corrected chi connectivity index (χ2v) is 7.75. The van der Waals surface area contributed by atoms with E-state index in [1.807, 2.05) is 0 Å². The SMILES string of the molecule is CS(=O)(=O)N(CC(=O)N1CCN(C=O)CC1)c1cccc(C(F)(F)F)c1. The number of amides is 2. The number of sulfonamides is 1. The highest BCUT2D eigenvalue weighted by molar-refractivity contribution is 7.92. The van der Waals surface area contributed by atoms with E-state index in [0.717, 1.165) is 18.4 Å². The largest absolute Gasteiger partial charge is 0.416 e. The molecule has 1 heterocycles. The Hall–Kier alpha value is -2.30. The maximum atomic E-state index is 12.9. The Morgan fingerprint density at radius 3 is 2.35 bits per heavy atom. The van der Waals surface area contributed by atoms with Crippen LogP contribution < -0.4 is 4.31 Å². The summed E-state index contributed by atoms with van der Waals surface area (Å²) >= 11 is 0. The predicted molar refractivity (Wildman–Crippen MR) is 87.9 cm³/mol. The number of piperazine rings is 1. The fourth-order valence-electron chi connectivity index (χ4n) is 2.54. The number of alkyl halides is 3. The van der Waals surface area contributed by atoms with Gasteiger partial charge in [-0.3, -0.25) is 13.9 Å². The molecule has 0 aliphatic carbocycles. The predicted octanol–water partition coefficient (Wildman–Crippen LogP) is 0.772. The van der Waals surface area contributed by atoms with Crippen molar-refractivity contribution in [3.8, 4) is 0 Å². The normalized spacial score (nSPS) is 15.7. The van der Waals surface area contributed by atoms with E-state index >= 15 is 0 Å². The summed E-state index contributed by atoms with van der Waals surface area (Å²) in [6.07, 6.45) is -3.15. The molecule has 0 spiro atoms. The minimum atomic E-state index is -4.63. The summed E-state index contributed by atoms with van der Waals surface area (Å²) in [5.41, 5.74) is -1.24. The average molecular weight is 393 g/mol. The second kappa shape index (κ2) is 7.52. The molecule has 2 amide bonds. The van der Waals surface area contributed by atoms with Crippen molar-refractivity contribution in [1.29, 1.82) is 0 Å². The summed E-state index contributed by atoms with van der Waals surface area (Å²) in [4.78, 5) is 25.9. The van der Waals surface area contributed by atoms with Gasteiger partial charge in [0.1, 0.15) is 6.54 Å². The van der Waals surface area contributed by atoms with E-state index in [4.69, 9.17) is 0 Å². The van der Waals surface area contributed by atoms with Crippen LogP contribution in [0.1, 0.15) is 5.56 Å². The first-order valence-corrected chi connectivity index (χ1v) is 9.49. The van der Waals surface area contributed by atoms with Crippen LogP contribution >= 0.6 is 0 Å². The number of carbonyl (C=O) groups is 2. The lowest BCUT2D eigenvalue weighted by Gasteiger charge is -2.34. The first kappa shape index (κ1) is 20.0. The third kappa shape index (κ3) is 4.87. The molecular formula is C15H18F3N3O4S. The van der Waals surface area contributed by atoms with Gasteiger partial charge in [0.15, 0.2) is 0 Å². The maximum Gasteiger partial charge on any atom is 0.416 e. The highest BCUT2D eigenvalue weighted by Crippen LogP contribution is 2.32. The third-order valence-electron chi connectivity index (χ3n) is 3.96. The average Bonchev–Trinajstić information content (AvgIpc) is 2.58. The Bertz CT molecular complexity index is 775. The molecule has 26 heavy (non-hydrogen) atoms. The van der Waals surface area contributed by atoms with Gasteiger partial charge in [-0.05, 0) is 18.2 Å². The summed E-state index contributed by atoms with van der Waals surface area (Å²) in [5, 5.41) is 0. The van der Waals surface area contributed by atoms with Crippen LogP contribution in [-0.4, -0.2) is 69.5 Å². The molecule has 2 rings (SSSR count). The molecule has 0 N–H and O–H groups in total. The minimum Gasteiger partial charge on any atom is -0.342 e. The van der Waals surface area contributed by atoms with Crippen LogP contribution in [0.5, 0.6) is 0 Å². The number of carbonyl (C=O) groups excluding carboxylic acids is 2. The van der Waals surface area contributed by atoms with E-state index in [9.17, 15) is 31.2 Å². The zero-order valence-electron chi connectivity index (χ0n) is 13.9. The Morgan fingerprint density at radius 2 is 1.85 bits per heavy atom. The van der Waals surface area contributed by atoms with Crippen LogP contribution in [0, 0.1) is 0 Å². The van der Waals surface area contributed by atoms with E-state index < -0.39 is 34.2 Å². The van der Waals surface area contributed by atoms with Crippen molar-refractivity contribution in [3.63, 3.8) is 0 Å². The van der Waals surface area contributed by atoms with Crippen molar-refractivity contribution >= 4 is 28.0 Å². The van der Waals surface area contributed by atoms with Crippen LogP contribution in [0.3, 0.4) is 0 Å². The summed E-state index contributed by atoms with van der Waals surface area (Å²) in [6, 6.07) is 3.81. The lowest BCUT2D eigenvalue weighted by atomic mass is 10.2. The second-order valence-electron chi connectivity index (χ2n) is 5.84. The molecule has 0 bridgehead atoms. The van der Waals surface area contributed by atoms with Gasteiger partial charge in [0.25, 0.3) is 0 Å². The van der Waals surface area contributed by atoms with Gasteiger partial charge in [-0.2, -0.15) is 13.2 Å². The number of benzene rings is 1. The molecule has 1 aromatic carbocycles. The van der Waals surface area contributed by atoms with Crippen molar-refractivity contribution in [2.24, 2.45) is 0 Å². The van der Waals surface area contributed by atoms with E-state index in [1.54, 1.807) is 0 Å². The summed E-state index contributed by atoms with van der Waals surface area (Å²) in [6.45, 7) is 0.492. The molecule has 0 saturated carbocycles. The molecule has 1 aliphatic rings. The lowest BCUT2D eigenvalue weighted by molar-refractivity contribution is -0.137. The van der Waals surface area contributed by atoms with E-state index in [2.05, 4.69) is 0 Å². The fraction of sp³-hybridized carbons (Fsp3) is 0.467. The van der Waals surface area contributed by atoms with Crippen molar-refractivity contribution in [2.45, 2.75) is 6.18 Å². The van der Waals surface area contributed by atoms with Crippen LogP contribution in [0.15, 0.2) is 24.3 Å². The summed E-state index contributed by atoms with van der Waals surface area (Å²) < 4.78 is 63.3. The van der Waals surface area contributed by atoms with Crippen molar-refractivity contribution < 1.29 is 31.2 Å². The Labute approximate surface area is 149 Å². The van der Waals surface area contributed by atoms with Crippen LogP contribution in [0.2, 0.25) is 0 Å². The molecule has 0 unspecified atom stereocenters. The number of hydrogen-bond donors (Lipinski definition) is 0. The molecule has 1 saturated heterocycles. The van der Waals surface area contributed by atoms with Crippen molar-refractivity contribution in [2.75, 3.05) is 43.3 Å². The molecule has 1 aliphatic heterocycles. The Kier molecular flexibility index (Phi) is 5.79. The summed E-state index contributed by atoms with van der Waals surface area (Å²) in [5.74, 6) is -0.543. The van der Waals surface area contributed by atoms with Gasteiger partial charge in [-0.25, -0.2) is 8.42 Å². The molecule has 1 aromatic rings. The highest BCUT2D eigenvalue weighted by Gasteiger charge is 2.32. The van der Waals surface area contributed by atoms with Gasteiger partial charge in [0, 0.05) is 26.2 Å². The summed E-state index contributed by atoms with van der Waals surface area (Å²) in [7, 11) is -3.98. The van der Waals surface area contributed by atoms with Gasteiger partial charge in [0.05, 0.1) is 17.5 Å². The number of hydrogen-bond acceptors (Lipinski definition) is 4. The van der Waals surface area contributed by atoms with Crippen molar-refractivity contribution in [3.05, 3.63) is 29.8 Å². The number of nitrogens with zero attached hydrogens (tertiary/aromatic N) is 3. The molecule has 11 heteroatoms. The molecule has 0 radical (unpaired) electrons.